The molecule has 0 fully saturated rings. The molecule has 0 saturated heterocycles. The maximum absolute atomic E-state index is 4.42. The Morgan fingerprint density at radius 1 is 1.19 bits per heavy atom. The van der Waals surface area contributed by atoms with E-state index < -0.39 is 0 Å². The number of rotatable bonds is 2. The molecule has 0 saturated carbocycles. The monoisotopic (exact) mass is 227 g/mol. The van der Waals surface area contributed by atoms with Crippen LogP contribution in [0.25, 0.3) is 10.2 Å². The number of thiazole rings is 1. The van der Waals surface area contributed by atoms with Crippen LogP contribution < -0.4 is 0 Å². The molecule has 0 radical (unpaired) electrons. The molecule has 3 nitrogen and oxygen atoms in total. The first kappa shape index (κ1) is 9.30. The predicted octanol–water partition coefficient (Wildman–Crippen LogP) is 3.38. The Hall–Kier alpha value is -1.94. The zero-order valence-corrected chi connectivity index (χ0v) is 9.24. The Morgan fingerprint density at radius 3 is 2.94 bits per heavy atom. The molecule has 0 unspecified atom stereocenters. The second-order valence-corrected chi connectivity index (χ2v) is 4.36. The summed E-state index contributed by atoms with van der Waals surface area (Å²) in [5.74, 6) is 0. The highest BCUT2D eigenvalue weighted by atomic mass is 32.1. The van der Waals surface area contributed by atoms with Crippen molar-refractivity contribution in [2.45, 2.75) is 0 Å². The average Bonchev–Trinajstić information content (AvgIpc) is 2.95. The van der Waals surface area contributed by atoms with Gasteiger partial charge in [-0.2, -0.15) is 0 Å². The molecule has 1 N–H and O–H groups in total. The molecule has 0 atom stereocenters. The van der Waals surface area contributed by atoms with E-state index in [-0.39, 0.29) is 0 Å². The van der Waals surface area contributed by atoms with Crippen LogP contribution in [0.5, 0.6) is 0 Å². The van der Waals surface area contributed by atoms with Gasteiger partial charge in [0.25, 0.3) is 0 Å². The fraction of sp³-hybridized carbons (Fsp3) is 0. The lowest BCUT2D eigenvalue weighted by molar-refractivity contribution is 1.36. The van der Waals surface area contributed by atoms with E-state index in [0.717, 1.165) is 16.3 Å². The van der Waals surface area contributed by atoms with E-state index in [1.165, 1.54) is 4.70 Å². The second kappa shape index (κ2) is 3.90. The van der Waals surface area contributed by atoms with Crippen LogP contribution in [0.1, 0.15) is 5.69 Å². The fourth-order valence-corrected chi connectivity index (χ4v) is 2.28. The van der Waals surface area contributed by atoms with Gasteiger partial charge in [0.1, 0.15) is 0 Å². The van der Waals surface area contributed by atoms with E-state index in [0.29, 0.717) is 0 Å². The van der Waals surface area contributed by atoms with E-state index in [9.17, 15) is 0 Å². The molecule has 2 aromatic heterocycles. The number of benzene rings is 1. The third-order valence-corrected chi connectivity index (χ3v) is 3.16. The number of hydrogen-bond donors (Lipinski definition) is 1. The molecule has 0 aliphatic rings. The second-order valence-electron chi connectivity index (χ2n) is 3.35. The zero-order valence-electron chi connectivity index (χ0n) is 8.42. The lowest BCUT2D eigenvalue weighted by atomic mass is 10.3. The summed E-state index contributed by atoms with van der Waals surface area (Å²) >= 11 is 1.60. The van der Waals surface area contributed by atoms with Gasteiger partial charge in [-0.15, -0.1) is 0 Å². The van der Waals surface area contributed by atoms with Gasteiger partial charge in [-0.1, -0.05) is 23.5 Å². The van der Waals surface area contributed by atoms with Crippen LogP contribution in [0.2, 0.25) is 0 Å². The van der Waals surface area contributed by atoms with Crippen LogP contribution in [0, 0.1) is 0 Å². The highest BCUT2D eigenvalue weighted by molar-refractivity contribution is 7.22. The minimum absolute atomic E-state index is 0.788. The van der Waals surface area contributed by atoms with Crippen molar-refractivity contribution in [1.29, 1.82) is 0 Å². The number of aliphatic imine (C=N–C) groups is 1. The van der Waals surface area contributed by atoms with Crippen molar-refractivity contribution < 1.29 is 0 Å². The summed E-state index contributed by atoms with van der Waals surface area (Å²) in [7, 11) is 0. The summed E-state index contributed by atoms with van der Waals surface area (Å²) in [4.78, 5) is 11.8. The molecule has 0 bridgehead atoms. The van der Waals surface area contributed by atoms with Crippen molar-refractivity contribution in [1.82, 2.24) is 9.97 Å². The molecule has 0 spiro atoms. The first-order valence-electron chi connectivity index (χ1n) is 4.95. The van der Waals surface area contributed by atoms with Crippen molar-refractivity contribution >= 4 is 32.9 Å². The average molecular weight is 227 g/mol. The lowest BCUT2D eigenvalue weighted by Gasteiger charge is -1.83. The van der Waals surface area contributed by atoms with Gasteiger partial charge in [0.15, 0.2) is 0 Å². The van der Waals surface area contributed by atoms with E-state index in [2.05, 4.69) is 21.0 Å². The van der Waals surface area contributed by atoms with Gasteiger partial charge in [-0.25, -0.2) is 9.98 Å². The Labute approximate surface area is 96.5 Å². The Balaban J connectivity index is 1.95. The van der Waals surface area contributed by atoms with E-state index >= 15 is 0 Å². The largest absolute Gasteiger partial charge is 0.360 e. The van der Waals surface area contributed by atoms with E-state index in [1.54, 1.807) is 17.6 Å². The maximum Gasteiger partial charge on any atom is 0.210 e. The van der Waals surface area contributed by atoms with Gasteiger partial charge in [-0.3, -0.25) is 0 Å². The topological polar surface area (TPSA) is 41.0 Å². The number of hydrogen-bond acceptors (Lipinski definition) is 3. The normalized spacial score (nSPS) is 11.5. The standard InChI is InChI=1S/C12H9N3S/c1-2-6-11-10(5-1)15-12(16-11)14-8-9-4-3-7-13-9/h1-8,13H/b14-8+. The van der Waals surface area contributed by atoms with Crippen LogP contribution in [0.4, 0.5) is 5.13 Å². The van der Waals surface area contributed by atoms with Gasteiger partial charge in [0, 0.05) is 6.20 Å². The molecule has 1 aromatic carbocycles. The van der Waals surface area contributed by atoms with E-state index in [1.807, 2.05) is 36.5 Å². The summed E-state index contributed by atoms with van der Waals surface area (Å²) in [6.07, 6.45) is 3.66. The van der Waals surface area contributed by atoms with E-state index in [4.69, 9.17) is 0 Å². The van der Waals surface area contributed by atoms with Crippen LogP contribution in [-0.4, -0.2) is 16.2 Å². The smallest absolute Gasteiger partial charge is 0.210 e. The molecular formula is C12H9N3S. The summed E-state index contributed by atoms with van der Waals surface area (Å²) in [5.41, 5.74) is 1.99. The molecule has 2 heterocycles. The molecule has 0 amide bonds. The molecule has 4 heteroatoms. The highest BCUT2D eigenvalue weighted by Crippen LogP contribution is 2.27. The summed E-state index contributed by atoms with van der Waals surface area (Å²) in [6, 6.07) is 12.0. The fourth-order valence-electron chi connectivity index (χ4n) is 1.46. The van der Waals surface area contributed by atoms with Crippen molar-refractivity contribution in [3.05, 3.63) is 48.3 Å². The Morgan fingerprint density at radius 2 is 2.12 bits per heavy atom. The third-order valence-electron chi connectivity index (χ3n) is 2.22. The molecule has 0 aliphatic heterocycles. The number of nitrogens with one attached hydrogen (secondary N) is 1. The predicted molar refractivity (Wildman–Crippen MR) is 67.7 cm³/mol. The molecule has 0 aliphatic carbocycles. The first-order chi connectivity index (χ1) is 7.92. The van der Waals surface area contributed by atoms with Crippen LogP contribution in [0.3, 0.4) is 0 Å². The number of nitrogens with zero attached hydrogens (tertiary/aromatic N) is 2. The molecule has 78 valence electrons. The van der Waals surface area contributed by atoms with Gasteiger partial charge in [0.2, 0.25) is 5.13 Å². The number of aromatic amines is 1. The van der Waals surface area contributed by atoms with Crippen LogP contribution in [0.15, 0.2) is 47.6 Å². The minimum Gasteiger partial charge on any atom is -0.360 e. The SMILES string of the molecule is C(=N\c1nc2ccccc2s1)/c1ccc[nH]1. The Bertz CT molecular complexity index is 590. The molecule has 16 heavy (non-hydrogen) atoms. The maximum atomic E-state index is 4.42. The van der Waals surface area contributed by atoms with Crippen molar-refractivity contribution in [2.24, 2.45) is 4.99 Å². The minimum atomic E-state index is 0.788. The van der Waals surface area contributed by atoms with Gasteiger partial charge in [0.05, 0.1) is 22.1 Å². The van der Waals surface area contributed by atoms with Gasteiger partial charge in [-0.05, 0) is 24.3 Å². The molecule has 3 rings (SSSR count). The van der Waals surface area contributed by atoms with Crippen LogP contribution >= 0.6 is 11.3 Å². The number of aromatic nitrogens is 2. The quantitative estimate of drug-likeness (QED) is 0.670. The molecular weight excluding hydrogens is 218 g/mol. The molecule has 3 aromatic rings. The number of fused-ring (bicyclic) bond motifs is 1. The van der Waals surface area contributed by atoms with Crippen LogP contribution in [-0.2, 0) is 0 Å². The highest BCUT2D eigenvalue weighted by Gasteiger charge is 1.99. The number of H-pyrrole nitrogens is 1. The lowest BCUT2D eigenvalue weighted by Crippen LogP contribution is -1.77. The first-order valence-corrected chi connectivity index (χ1v) is 5.76. The van der Waals surface area contributed by atoms with Crippen molar-refractivity contribution in [3.63, 3.8) is 0 Å². The zero-order chi connectivity index (χ0) is 10.8. The van der Waals surface area contributed by atoms with Gasteiger partial charge >= 0.3 is 0 Å². The Kier molecular flexibility index (Phi) is 2.27. The third kappa shape index (κ3) is 1.75. The summed E-state index contributed by atoms with van der Waals surface area (Å²) in [6.45, 7) is 0. The summed E-state index contributed by atoms with van der Waals surface area (Å²) in [5, 5.41) is 0.788. The summed E-state index contributed by atoms with van der Waals surface area (Å²) < 4.78 is 1.17. The van der Waals surface area contributed by atoms with Gasteiger partial charge < -0.3 is 4.98 Å². The van der Waals surface area contributed by atoms with Crippen molar-refractivity contribution in [2.75, 3.05) is 0 Å². The number of para-hydroxylation sites is 1. The van der Waals surface area contributed by atoms with Crippen molar-refractivity contribution in [3.8, 4) is 0 Å².